The number of aryl methyl sites for hydroxylation is 1. The summed E-state index contributed by atoms with van der Waals surface area (Å²) in [5.74, 6) is -0.405. The van der Waals surface area contributed by atoms with Crippen molar-refractivity contribution in [2.75, 3.05) is 11.1 Å². The lowest BCUT2D eigenvalue weighted by molar-refractivity contribution is -0.115. The molecule has 0 radical (unpaired) electrons. The summed E-state index contributed by atoms with van der Waals surface area (Å²) in [6, 6.07) is 7.43. The Kier molecular flexibility index (Phi) is 6.20. The fourth-order valence-corrected chi connectivity index (χ4v) is 3.18. The van der Waals surface area contributed by atoms with E-state index in [2.05, 4.69) is 12.2 Å². The maximum Gasteiger partial charge on any atom is 0.242 e. The molecule has 1 rings (SSSR count). The van der Waals surface area contributed by atoms with Gasteiger partial charge in [0.15, 0.2) is 9.84 Å². The van der Waals surface area contributed by atoms with Crippen molar-refractivity contribution >= 4 is 21.4 Å². The fraction of sp³-hybridized carbons (Fsp3) is 0.533. The zero-order chi connectivity index (χ0) is 15.2. The first-order chi connectivity index (χ1) is 9.40. The third-order valence-corrected chi connectivity index (χ3v) is 5.47. The molecule has 0 saturated carbocycles. The van der Waals surface area contributed by atoms with Crippen molar-refractivity contribution in [2.45, 2.75) is 45.3 Å². The van der Waals surface area contributed by atoms with Gasteiger partial charge >= 0.3 is 0 Å². The van der Waals surface area contributed by atoms with Gasteiger partial charge in [0, 0.05) is 5.69 Å². The van der Waals surface area contributed by atoms with Crippen LogP contribution in [0.2, 0.25) is 0 Å². The maximum absolute atomic E-state index is 12.0. The molecular formula is C15H23NO3S. The summed E-state index contributed by atoms with van der Waals surface area (Å²) in [4.78, 5) is 12.0. The van der Waals surface area contributed by atoms with E-state index in [4.69, 9.17) is 0 Å². The monoisotopic (exact) mass is 297 g/mol. The minimum absolute atomic E-state index is 0.0624. The number of hydrogen-bond donors (Lipinski definition) is 1. The summed E-state index contributed by atoms with van der Waals surface area (Å²) in [5, 5.41) is 1.64. The smallest absolute Gasteiger partial charge is 0.242 e. The van der Waals surface area contributed by atoms with E-state index in [1.807, 2.05) is 19.1 Å². The number of benzene rings is 1. The number of anilines is 1. The van der Waals surface area contributed by atoms with Crippen LogP contribution in [0.3, 0.4) is 0 Å². The van der Waals surface area contributed by atoms with Crippen LogP contribution in [0.5, 0.6) is 0 Å². The molecule has 112 valence electrons. The van der Waals surface area contributed by atoms with Crippen molar-refractivity contribution in [1.82, 2.24) is 0 Å². The SMILES string of the molecule is CCCCS(=O)(=O)[C@@H](C)C(=O)Nc1ccc(CC)cc1. The molecule has 4 nitrogen and oxygen atoms in total. The molecule has 0 spiro atoms. The molecule has 0 aliphatic carbocycles. The van der Waals surface area contributed by atoms with Crippen LogP contribution in [0.15, 0.2) is 24.3 Å². The van der Waals surface area contributed by atoms with Crippen molar-refractivity contribution in [3.63, 3.8) is 0 Å². The zero-order valence-corrected chi connectivity index (χ0v) is 13.2. The van der Waals surface area contributed by atoms with Crippen LogP contribution >= 0.6 is 0 Å². The van der Waals surface area contributed by atoms with E-state index in [-0.39, 0.29) is 5.75 Å². The van der Waals surface area contributed by atoms with Crippen LogP contribution in [-0.4, -0.2) is 25.3 Å². The molecule has 1 amide bonds. The third-order valence-electron chi connectivity index (χ3n) is 3.32. The van der Waals surface area contributed by atoms with E-state index >= 15 is 0 Å². The van der Waals surface area contributed by atoms with Crippen LogP contribution in [0.25, 0.3) is 0 Å². The van der Waals surface area contributed by atoms with Gasteiger partial charge in [-0.25, -0.2) is 8.42 Å². The molecule has 0 heterocycles. The number of amides is 1. The van der Waals surface area contributed by atoms with Gasteiger partial charge in [-0.3, -0.25) is 4.79 Å². The Morgan fingerprint density at radius 2 is 1.80 bits per heavy atom. The van der Waals surface area contributed by atoms with Gasteiger partial charge in [-0.05, 0) is 37.5 Å². The molecule has 5 heteroatoms. The molecule has 0 fully saturated rings. The van der Waals surface area contributed by atoms with Gasteiger partial charge < -0.3 is 5.32 Å². The first-order valence-electron chi connectivity index (χ1n) is 7.02. The Morgan fingerprint density at radius 3 is 2.30 bits per heavy atom. The van der Waals surface area contributed by atoms with Crippen molar-refractivity contribution < 1.29 is 13.2 Å². The Labute approximate surface area is 121 Å². The van der Waals surface area contributed by atoms with Gasteiger partial charge in [0.25, 0.3) is 0 Å². The first-order valence-corrected chi connectivity index (χ1v) is 8.73. The van der Waals surface area contributed by atoms with E-state index in [1.165, 1.54) is 12.5 Å². The van der Waals surface area contributed by atoms with E-state index < -0.39 is 21.0 Å². The minimum atomic E-state index is -3.37. The van der Waals surface area contributed by atoms with Crippen LogP contribution < -0.4 is 5.32 Å². The second-order valence-electron chi connectivity index (χ2n) is 4.90. The van der Waals surface area contributed by atoms with Gasteiger partial charge in [-0.2, -0.15) is 0 Å². The van der Waals surface area contributed by atoms with E-state index in [0.29, 0.717) is 12.1 Å². The number of hydrogen-bond acceptors (Lipinski definition) is 3. The summed E-state index contributed by atoms with van der Waals surface area (Å²) in [6.45, 7) is 5.42. The van der Waals surface area contributed by atoms with Crippen molar-refractivity contribution in [3.05, 3.63) is 29.8 Å². The highest BCUT2D eigenvalue weighted by molar-refractivity contribution is 7.92. The highest BCUT2D eigenvalue weighted by Crippen LogP contribution is 2.13. The first kappa shape index (κ1) is 16.7. The third kappa shape index (κ3) is 4.63. The van der Waals surface area contributed by atoms with E-state index in [9.17, 15) is 13.2 Å². The maximum atomic E-state index is 12.0. The summed E-state index contributed by atoms with van der Waals surface area (Å²) in [7, 11) is -3.37. The number of unbranched alkanes of at least 4 members (excludes halogenated alkanes) is 1. The number of sulfone groups is 1. The number of nitrogens with one attached hydrogen (secondary N) is 1. The molecule has 0 aliphatic rings. The molecule has 20 heavy (non-hydrogen) atoms. The average molecular weight is 297 g/mol. The standard InChI is InChI=1S/C15H23NO3S/c1-4-6-11-20(18,19)12(3)15(17)16-14-9-7-13(5-2)8-10-14/h7-10,12H,4-6,11H2,1-3H3,(H,16,17)/t12-/m0/s1. The van der Waals surface area contributed by atoms with Crippen LogP contribution in [0.1, 0.15) is 39.2 Å². The Morgan fingerprint density at radius 1 is 1.20 bits per heavy atom. The quantitative estimate of drug-likeness (QED) is 0.841. The van der Waals surface area contributed by atoms with Gasteiger partial charge in [-0.15, -0.1) is 0 Å². The van der Waals surface area contributed by atoms with Gasteiger partial charge in [-0.1, -0.05) is 32.4 Å². The van der Waals surface area contributed by atoms with Gasteiger partial charge in [0.2, 0.25) is 5.91 Å². The predicted octanol–water partition coefficient (Wildman–Crippen LogP) is 2.79. The second kappa shape index (κ2) is 7.43. The Bertz CT molecular complexity index is 535. The number of carbonyl (C=O) groups excluding carboxylic acids is 1. The highest BCUT2D eigenvalue weighted by atomic mass is 32.2. The predicted molar refractivity (Wildman–Crippen MR) is 82.6 cm³/mol. The molecule has 0 saturated heterocycles. The van der Waals surface area contributed by atoms with Gasteiger partial charge in [0.1, 0.15) is 5.25 Å². The second-order valence-corrected chi connectivity index (χ2v) is 7.34. The lowest BCUT2D eigenvalue weighted by Crippen LogP contribution is -2.34. The summed E-state index contributed by atoms with van der Waals surface area (Å²) in [6.07, 6.45) is 2.31. The minimum Gasteiger partial charge on any atom is -0.325 e. The highest BCUT2D eigenvalue weighted by Gasteiger charge is 2.27. The van der Waals surface area contributed by atoms with E-state index in [1.54, 1.807) is 12.1 Å². The Balaban J connectivity index is 2.69. The van der Waals surface area contributed by atoms with Gasteiger partial charge in [0.05, 0.1) is 5.75 Å². The molecule has 0 bridgehead atoms. The van der Waals surface area contributed by atoms with Crippen molar-refractivity contribution in [3.8, 4) is 0 Å². The summed E-state index contributed by atoms with van der Waals surface area (Å²) >= 11 is 0. The largest absolute Gasteiger partial charge is 0.325 e. The van der Waals surface area contributed by atoms with E-state index in [0.717, 1.165) is 12.8 Å². The molecule has 1 N–H and O–H groups in total. The summed E-state index contributed by atoms with van der Waals surface area (Å²) in [5.41, 5.74) is 1.80. The van der Waals surface area contributed by atoms with Crippen LogP contribution in [0, 0.1) is 0 Å². The van der Waals surface area contributed by atoms with Crippen LogP contribution in [-0.2, 0) is 21.1 Å². The van der Waals surface area contributed by atoms with Crippen LogP contribution in [0.4, 0.5) is 5.69 Å². The Hall–Kier alpha value is -1.36. The number of rotatable bonds is 7. The topological polar surface area (TPSA) is 63.2 Å². The zero-order valence-electron chi connectivity index (χ0n) is 12.3. The molecule has 1 atom stereocenters. The molecule has 0 aromatic heterocycles. The molecular weight excluding hydrogens is 274 g/mol. The summed E-state index contributed by atoms with van der Waals surface area (Å²) < 4.78 is 23.9. The molecule has 0 aliphatic heterocycles. The van der Waals surface area contributed by atoms with Crippen molar-refractivity contribution in [1.29, 1.82) is 0 Å². The molecule has 0 unspecified atom stereocenters. The normalized spacial score (nSPS) is 12.9. The lowest BCUT2D eigenvalue weighted by atomic mass is 10.1. The van der Waals surface area contributed by atoms with Crippen molar-refractivity contribution in [2.24, 2.45) is 0 Å². The molecule has 1 aromatic carbocycles. The average Bonchev–Trinajstić information content (AvgIpc) is 2.45. The fourth-order valence-electron chi connectivity index (χ4n) is 1.75. The molecule has 1 aromatic rings. The lowest BCUT2D eigenvalue weighted by Gasteiger charge is -2.13. The number of carbonyl (C=O) groups is 1.